The molecule has 0 rings (SSSR count). The Labute approximate surface area is 238 Å². The number of carboxylic acids is 3. The highest BCUT2D eigenvalue weighted by atomic mass is 16.4. The van der Waals surface area contributed by atoms with E-state index in [1.165, 1.54) is 64.2 Å². The topological polar surface area (TPSA) is 115 Å². The second kappa shape index (κ2) is 22.9. The number of allylic oxidation sites excluding steroid dienone is 2. The van der Waals surface area contributed by atoms with Crippen LogP contribution in [0, 0.1) is 17.8 Å². The van der Waals surface area contributed by atoms with Crippen molar-refractivity contribution in [1.82, 2.24) is 0 Å². The van der Waals surface area contributed by atoms with Gasteiger partial charge in [-0.25, -0.2) is 0 Å². The van der Waals surface area contributed by atoms with Crippen molar-refractivity contribution >= 4 is 17.9 Å². The Bertz CT molecular complexity index is 632. The summed E-state index contributed by atoms with van der Waals surface area (Å²) in [5.74, 6) is -4.94. The summed E-state index contributed by atoms with van der Waals surface area (Å²) in [4.78, 5) is 35.7. The van der Waals surface area contributed by atoms with E-state index in [1.54, 1.807) is 6.92 Å². The van der Waals surface area contributed by atoms with E-state index in [4.69, 9.17) is 0 Å². The maximum absolute atomic E-state index is 11.9. The van der Waals surface area contributed by atoms with Gasteiger partial charge in [0.25, 0.3) is 0 Å². The molecule has 2 N–H and O–H groups in total. The highest BCUT2D eigenvalue weighted by molar-refractivity contribution is 5.70. The fraction of sp³-hybridized carbons (Fsp3) is 0.844. The van der Waals surface area contributed by atoms with Crippen molar-refractivity contribution in [3.05, 3.63) is 12.2 Å². The van der Waals surface area contributed by atoms with Crippen LogP contribution in [0.25, 0.3) is 0 Å². The number of hydrogen-bond donors (Lipinski definition) is 2. The molecule has 0 aromatic rings. The molecule has 7 nitrogen and oxygen atoms in total. The molecule has 3 atom stereocenters. The Kier molecular flexibility index (Phi) is 21.8. The smallest absolute Gasteiger partial charge is 0.312 e. The third-order valence-corrected chi connectivity index (χ3v) is 8.32. The second-order valence-electron chi connectivity index (χ2n) is 11.5. The Morgan fingerprint density at radius 1 is 0.641 bits per heavy atom. The van der Waals surface area contributed by atoms with Gasteiger partial charge in [-0.3, -0.25) is 9.59 Å². The number of carboxylic acid groups (broad SMARTS) is 3. The highest BCUT2D eigenvalue weighted by Crippen LogP contribution is 2.25. The monoisotopic (exact) mass is 553 g/mol. The van der Waals surface area contributed by atoms with Crippen molar-refractivity contribution in [3.8, 4) is 0 Å². The summed E-state index contributed by atoms with van der Waals surface area (Å²) >= 11 is 0. The third-order valence-electron chi connectivity index (χ3n) is 8.32. The molecule has 228 valence electrons. The predicted molar refractivity (Wildman–Crippen MR) is 156 cm³/mol. The SMILES string of the molecule is C/C=C/CCCCCCCCCCCCCC[N+](CC(CC)C(=O)[O-])(CC(CC)C(=O)O)CC(CC)C(=O)O. The van der Waals surface area contributed by atoms with Crippen molar-refractivity contribution in [2.24, 2.45) is 17.8 Å². The lowest BCUT2D eigenvalue weighted by atomic mass is 9.95. The van der Waals surface area contributed by atoms with E-state index in [2.05, 4.69) is 19.1 Å². The fourth-order valence-electron chi connectivity index (χ4n) is 5.68. The average molecular weight is 554 g/mol. The Morgan fingerprint density at radius 3 is 1.33 bits per heavy atom. The lowest BCUT2D eigenvalue weighted by molar-refractivity contribution is -0.935. The summed E-state index contributed by atoms with van der Waals surface area (Å²) in [6, 6.07) is 0. The van der Waals surface area contributed by atoms with Crippen molar-refractivity contribution in [2.45, 2.75) is 130 Å². The Hall–Kier alpha value is -1.89. The van der Waals surface area contributed by atoms with Crippen LogP contribution >= 0.6 is 0 Å². The maximum Gasteiger partial charge on any atom is 0.312 e. The number of hydrogen-bond acceptors (Lipinski definition) is 4. The molecule has 0 heterocycles. The Morgan fingerprint density at radius 2 is 1.00 bits per heavy atom. The van der Waals surface area contributed by atoms with Gasteiger partial charge in [-0.05, 0) is 51.9 Å². The first kappa shape index (κ1) is 37.1. The zero-order valence-electron chi connectivity index (χ0n) is 25.5. The molecular formula is C32H59NO6. The van der Waals surface area contributed by atoms with Gasteiger partial charge in [-0.15, -0.1) is 0 Å². The van der Waals surface area contributed by atoms with Gasteiger partial charge in [0.1, 0.15) is 11.8 Å². The van der Waals surface area contributed by atoms with Crippen molar-refractivity contribution < 1.29 is 34.2 Å². The first-order valence-electron chi connectivity index (χ1n) is 15.8. The van der Waals surface area contributed by atoms with Gasteiger partial charge in [0.15, 0.2) is 0 Å². The molecule has 0 radical (unpaired) electrons. The molecule has 0 fully saturated rings. The molecule has 7 heteroatoms. The minimum absolute atomic E-state index is 0.219. The molecule has 0 aliphatic carbocycles. The van der Waals surface area contributed by atoms with Gasteiger partial charge in [-0.2, -0.15) is 0 Å². The number of quaternary nitrogens is 1. The summed E-state index contributed by atoms with van der Waals surface area (Å²) < 4.78 is 0.219. The van der Waals surface area contributed by atoms with Crippen LogP contribution in [0.2, 0.25) is 0 Å². The number of carbonyl (C=O) groups excluding carboxylic acids is 1. The zero-order chi connectivity index (χ0) is 29.5. The number of unbranched alkanes of at least 4 members (excludes halogenated alkanes) is 12. The minimum atomic E-state index is -1.14. The van der Waals surface area contributed by atoms with E-state index in [0.29, 0.717) is 25.8 Å². The van der Waals surface area contributed by atoms with Gasteiger partial charge in [0, 0.05) is 5.92 Å². The highest BCUT2D eigenvalue weighted by Gasteiger charge is 2.39. The molecule has 0 amide bonds. The van der Waals surface area contributed by atoms with E-state index in [9.17, 15) is 29.7 Å². The normalized spacial score (nSPS) is 15.6. The number of carbonyl (C=O) groups is 3. The van der Waals surface area contributed by atoms with Gasteiger partial charge in [0.2, 0.25) is 0 Å². The van der Waals surface area contributed by atoms with Crippen molar-refractivity contribution in [3.63, 3.8) is 0 Å². The molecule has 0 spiro atoms. The molecule has 0 aliphatic heterocycles. The lowest BCUT2D eigenvalue weighted by Gasteiger charge is -2.44. The molecule has 0 saturated heterocycles. The fourth-order valence-corrected chi connectivity index (χ4v) is 5.68. The van der Waals surface area contributed by atoms with E-state index in [-0.39, 0.29) is 24.1 Å². The largest absolute Gasteiger partial charge is 0.550 e. The van der Waals surface area contributed by atoms with Crippen molar-refractivity contribution in [1.29, 1.82) is 0 Å². The molecule has 0 aromatic carbocycles. The molecular weight excluding hydrogens is 494 g/mol. The number of nitrogens with zero attached hydrogens (tertiary/aromatic N) is 1. The van der Waals surface area contributed by atoms with Crippen LogP contribution in [-0.4, -0.2) is 58.8 Å². The van der Waals surface area contributed by atoms with E-state index < -0.39 is 35.7 Å². The minimum Gasteiger partial charge on any atom is -0.550 e. The standard InChI is InChI=1S/C32H59NO6/c1-5-9-10-11-12-13-14-15-16-17-18-19-20-21-22-23-33(24-27(6-2)30(34)35,25-28(7-3)31(36)37)26-29(8-4)32(38)39/h5,9,27-29H,6-8,10-26H2,1-4H3,(H2-,34,35,36,37,38,39)/b9-5+. The number of aliphatic carboxylic acids is 3. The zero-order valence-corrected chi connectivity index (χ0v) is 25.5. The predicted octanol–water partition coefficient (Wildman–Crippen LogP) is 6.45. The lowest BCUT2D eigenvalue weighted by Crippen LogP contribution is -2.59. The van der Waals surface area contributed by atoms with E-state index in [0.717, 1.165) is 19.3 Å². The maximum atomic E-state index is 11.9. The van der Waals surface area contributed by atoms with Crippen LogP contribution in [-0.2, 0) is 14.4 Å². The van der Waals surface area contributed by atoms with Crippen LogP contribution < -0.4 is 5.11 Å². The van der Waals surface area contributed by atoms with Crippen LogP contribution in [0.4, 0.5) is 0 Å². The van der Waals surface area contributed by atoms with E-state index >= 15 is 0 Å². The summed E-state index contributed by atoms with van der Waals surface area (Å²) in [6.07, 6.45) is 21.2. The first-order valence-corrected chi connectivity index (χ1v) is 15.8. The van der Waals surface area contributed by atoms with Gasteiger partial charge in [-0.1, -0.05) is 90.7 Å². The quantitative estimate of drug-likeness (QED) is 0.0686. The molecule has 0 saturated carbocycles. The molecule has 3 unspecified atom stereocenters. The molecule has 0 aliphatic rings. The van der Waals surface area contributed by atoms with Crippen LogP contribution in [0.1, 0.15) is 130 Å². The van der Waals surface area contributed by atoms with Crippen LogP contribution in [0.5, 0.6) is 0 Å². The van der Waals surface area contributed by atoms with Crippen molar-refractivity contribution in [2.75, 3.05) is 26.2 Å². The number of rotatable bonds is 27. The molecule has 39 heavy (non-hydrogen) atoms. The average Bonchev–Trinajstić information content (AvgIpc) is 2.90. The summed E-state index contributed by atoms with van der Waals surface area (Å²) in [5.41, 5.74) is 0. The summed E-state index contributed by atoms with van der Waals surface area (Å²) in [5, 5.41) is 31.4. The molecule has 0 bridgehead atoms. The van der Waals surface area contributed by atoms with Crippen LogP contribution in [0.3, 0.4) is 0 Å². The summed E-state index contributed by atoms with van der Waals surface area (Å²) in [6.45, 7) is 8.86. The van der Waals surface area contributed by atoms with Gasteiger partial charge < -0.3 is 24.6 Å². The second-order valence-corrected chi connectivity index (χ2v) is 11.5. The van der Waals surface area contributed by atoms with E-state index in [1.807, 2.05) is 13.8 Å². The Balaban J connectivity index is 4.91. The first-order chi connectivity index (χ1) is 18.7. The van der Waals surface area contributed by atoms with Gasteiger partial charge >= 0.3 is 11.9 Å². The van der Waals surface area contributed by atoms with Gasteiger partial charge in [0.05, 0.1) is 32.1 Å². The summed E-state index contributed by atoms with van der Waals surface area (Å²) in [7, 11) is 0. The third kappa shape index (κ3) is 17.4. The van der Waals surface area contributed by atoms with Crippen LogP contribution in [0.15, 0.2) is 12.2 Å². The molecule has 0 aromatic heterocycles.